The van der Waals surface area contributed by atoms with Gasteiger partial charge in [0, 0.05) is 17.8 Å². The molecule has 1 N–H and O–H groups in total. The summed E-state index contributed by atoms with van der Waals surface area (Å²) in [4.78, 5) is 24.4. The molecule has 1 atom stereocenters. The molecule has 2 aromatic carbocycles. The number of rotatable bonds is 5. The van der Waals surface area contributed by atoms with Crippen LogP contribution in [0.5, 0.6) is 0 Å². The number of aryl methyl sites for hydroxylation is 1. The average Bonchev–Trinajstić information content (AvgIpc) is 2.68. The van der Waals surface area contributed by atoms with E-state index in [1.54, 1.807) is 48.5 Å². The number of nitrogens with one attached hydrogen (secondary N) is 1. The van der Waals surface area contributed by atoms with Gasteiger partial charge in [-0.15, -0.1) is 0 Å². The highest BCUT2D eigenvalue weighted by Gasteiger charge is 2.37. The summed E-state index contributed by atoms with van der Waals surface area (Å²) in [5.74, 6) is -0.411. The van der Waals surface area contributed by atoms with E-state index in [1.165, 1.54) is 11.2 Å². The fraction of sp³-hybridized carbons (Fsp3) is 0.333. The van der Waals surface area contributed by atoms with Gasteiger partial charge in [-0.3, -0.25) is 9.59 Å². The molecule has 2 aromatic rings. The molecule has 1 heterocycles. The van der Waals surface area contributed by atoms with Crippen molar-refractivity contribution in [3.63, 3.8) is 0 Å². The van der Waals surface area contributed by atoms with Crippen LogP contribution in [0, 0.1) is 6.92 Å². The van der Waals surface area contributed by atoms with Crippen molar-refractivity contribution in [3.05, 3.63) is 59.7 Å². The predicted octanol–water partition coefficient (Wildman–Crippen LogP) is 3.38. The van der Waals surface area contributed by atoms with Crippen molar-refractivity contribution in [2.75, 3.05) is 11.9 Å². The van der Waals surface area contributed by atoms with E-state index in [1.807, 2.05) is 6.92 Å². The molecular formula is C21H24N2O4S. The second-order valence-corrected chi connectivity index (χ2v) is 8.95. The Balaban J connectivity index is 1.81. The van der Waals surface area contributed by atoms with Crippen molar-refractivity contribution in [3.8, 4) is 0 Å². The largest absolute Gasteiger partial charge is 0.325 e. The Hall–Kier alpha value is -2.51. The summed E-state index contributed by atoms with van der Waals surface area (Å²) in [6.07, 6.45) is 1.99. The van der Waals surface area contributed by atoms with Crippen molar-refractivity contribution in [1.29, 1.82) is 0 Å². The van der Waals surface area contributed by atoms with Crippen LogP contribution >= 0.6 is 0 Å². The Morgan fingerprint density at radius 1 is 1.00 bits per heavy atom. The molecule has 1 aliphatic rings. The zero-order valence-corrected chi connectivity index (χ0v) is 16.8. The summed E-state index contributed by atoms with van der Waals surface area (Å²) in [7, 11) is -3.76. The van der Waals surface area contributed by atoms with Crippen LogP contribution in [0.15, 0.2) is 53.4 Å². The van der Waals surface area contributed by atoms with E-state index in [0.29, 0.717) is 24.2 Å². The number of ketones is 1. The summed E-state index contributed by atoms with van der Waals surface area (Å²) < 4.78 is 27.5. The lowest BCUT2D eigenvalue weighted by atomic mass is 10.0. The number of Topliss-reactive ketones (excluding diaryl/α,β-unsaturated/α-hetero) is 1. The van der Waals surface area contributed by atoms with Crippen molar-refractivity contribution in [1.82, 2.24) is 4.31 Å². The number of amides is 1. The smallest absolute Gasteiger partial charge is 0.243 e. The van der Waals surface area contributed by atoms with Crippen molar-refractivity contribution in [2.45, 2.75) is 44.0 Å². The monoisotopic (exact) mass is 400 g/mol. The first-order valence-electron chi connectivity index (χ1n) is 9.29. The van der Waals surface area contributed by atoms with E-state index in [4.69, 9.17) is 0 Å². The summed E-state index contributed by atoms with van der Waals surface area (Å²) in [5, 5.41) is 2.78. The minimum atomic E-state index is -3.76. The Morgan fingerprint density at radius 2 is 1.64 bits per heavy atom. The van der Waals surface area contributed by atoms with Crippen molar-refractivity contribution < 1.29 is 18.0 Å². The molecule has 7 heteroatoms. The zero-order valence-electron chi connectivity index (χ0n) is 16.0. The molecule has 0 radical (unpaired) electrons. The van der Waals surface area contributed by atoms with Crippen LogP contribution < -0.4 is 5.32 Å². The van der Waals surface area contributed by atoms with Gasteiger partial charge in [0.15, 0.2) is 5.78 Å². The molecule has 0 bridgehead atoms. The molecule has 1 aliphatic heterocycles. The van der Waals surface area contributed by atoms with Gasteiger partial charge in [-0.1, -0.05) is 24.1 Å². The SMILES string of the molecule is CC(=O)c1ccc(NC(=O)C2CCCCN2S(=O)(=O)c2ccc(C)cc2)cc1. The fourth-order valence-electron chi connectivity index (χ4n) is 3.31. The van der Waals surface area contributed by atoms with Gasteiger partial charge in [0.1, 0.15) is 6.04 Å². The molecular weight excluding hydrogens is 376 g/mol. The third-order valence-corrected chi connectivity index (χ3v) is 6.87. The first-order valence-corrected chi connectivity index (χ1v) is 10.7. The lowest BCUT2D eigenvalue weighted by molar-refractivity contribution is -0.120. The van der Waals surface area contributed by atoms with Crippen LogP contribution in [0.3, 0.4) is 0 Å². The third-order valence-electron chi connectivity index (χ3n) is 4.94. The van der Waals surface area contributed by atoms with Crippen LogP contribution in [0.25, 0.3) is 0 Å². The lowest BCUT2D eigenvalue weighted by Gasteiger charge is -2.33. The standard InChI is InChI=1S/C21H24N2O4S/c1-15-6-12-19(13-7-15)28(26,27)23-14-4-3-5-20(23)21(25)22-18-10-8-17(9-11-18)16(2)24/h6-13,20H,3-5,14H2,1-2H3,(H,22,25). The molecule has 1 amide bonds. The van der Waals surface area contributed by atoms with Crippen LogP contribution in [-0.2, 0) is 14.8 Å². The van der Waals surface area contributed by atoms with Gasteiger partial charge in [0.2, 0.25) is 15.9 Å². The van der Waals surface area contributed by atoms with E-state index < -0.39 is 16.1 Å². The van der Waals surface area contributed by atoms with Crippen molar-refractivity contribution in [2.24, 2.45) is 0 Å². The highest BCUT2D eigenvalue weighted by atomic mass is 32.2. The van der Waals surface area contributed by atoms with E-state index in [-0.39, 0.29) is 16.6 Å². The minimum absolute atomic E-state index is 0.0551. The van der Waals surface area contributed by atoms with E-state index in [2.05, 4.69) is 5.32 Å². The topological polar surface area (TPSA) is 83.6 Å². The Kier molecular flexibility index (Phi) is 5.96. The number of anilines is 1. The maximum Gasteiger partial charge on any atom is 0.243 e. The minimum Gasteiger partial charge on any atom is -0.325 e. The Labute approximate surface area is 165 Å². The quantitative estimate of drug-likeness (QED) is 0.780. The van der Waals surface area contributed by atoms with Gasteiger partial charge in [0.25, 0.3) is 0 Å². The van der Waals surface area contributed by atoms with E-state index >= 15 is 0 Å². The average molecular weight is 401 g/mol. The van der Waals surface area contributed by atoms with Crippen LogP contribution in [-0.4, -0.2) is 37.0 Å². The maximum atomic E-state index is 13.1. The molecule has 28 heavy (non-hydrogen) atoms. The first-order chi connectivity index (χ1) is 13.3. The van der Waals surface area contributed by atoms with E-state index in [9.17, 15) is 18.0 Å². The lowest BCUT2D eigenvalue weighted by Crippen LogP contribution is -2.49. The van der Waals surface area contributed by atoms with Gasteiger partial charge in [-0.2, -0.15) is 4.31 Å². The van der Waals surface area contributed by atoms with Crippen LogP contribution in [0.2, 0.25) is 0 Å². The Morgan fingerprint density at radius 3 is 2.25 bits per heavy atom. The second-order valence-electron chi connectivity index (χ2n) is 7.06. The number of sulfonamides is 1. The maximum absolute atomic E-state index is 13.1. The molecule has 1 unspecified atom stereocenters. The molecule has 3 rings (SSSR count). The molecule has 0 aliphatic carbocycles. The van der Waals surface area contributed by atoms with Gasteiger partial charge >= 0.3 is 0 Å². The van der Waals surface area contributed by atoms with Crippen LogP contribution in [0.1, 0.15) is 42.1 Å². The number of hydrogen-bond donors (Lipinski definition) is 1. The number of benzene rings is 2. The highest BCUT2D eigenvalue weighted by molar-refractivity contribution is 7.89. The van der Waals surface area contributed by atoms with E-state index in [0.717, 1.165) is 18.4 Å². The fourth-order valence-corrected chi connectivity index (χ4v) is 4.97. The molecule has 6 nitrogen and oxygen atoms in total. The third kappa shape index (κ3) is 4.31. The first kappa shape index (κ1) is 20.2. The number of carbonyl (C=O) groups is 2. The second kappa shape index (κ2) is 8.24. The number of nitrogens with zero attached hydrogens (tertiary/aromatic N) is 1. The molecule has 1 fully saturated rings. The molecule has 1 saturated heterocycles. The zero-order chi connectivity index (χ0) is 20.3. The number of piperidine rings is 1. The molecule has 0 spiro atoms. The molecule has 0 saturated carbocycles. The summed E-state index contributed by atoms with van der Waals surface area (Å²) >= 11 is 0. The predicted molar refractivity (Wildman–Crippen MR) is 108 cm³/mol. The molecule has 148 valence electrons. The van der Waals surface area contributed by atoms with Gasteiger partial charge in [-0.25, -0.2) is 8.42 Å². The number of hydrogen-bond acceptors (Lipinski definition) is 4. The molecule has 0 aromatic heterocycles. The van der Waals surface area contributed by atoms with Crippen molar-refractivity contribution >= 4 is 27.4 Å². The van der Waals surface area contributed by atoms with Gasteiger partial charge < -0.3 is 5.32 Å². The summed E-state index contributed by atoms with van der Waals surface area (Å²) in [6.45, 7) is 3.69. The Bertz CT molecular complexity index is 966. The van der Waals surface area contributed by atoms with Gasteiger partial charge in [-0.05, 0) is 63.1 Å². The summed E-state index contributed by atoms with van der Waals surface area (Å²) in [5.41, 5.74) is 2.06. The number of carbonyl (C=O) groups excluding carboxylic acids is 2. The highest BCUT2D eigenvalue weighted by Crippen LogP contribution is 2.26. The summed E-state index contributed by atoms with van der Waals surface area (Å²) in [6, 6.07) is 12.5. The normalized spacial score (nSPS) is 17.9. The van der Waals surface area contributed by atoms with Gasteiger partial charge in [0.05, 0.1) is 4.90 Å². The van der Waals surface area contributed by atoms with Crippen LogP contribution in [0.4, 0.5) is 5.69 Å².